The molecule has 0 rings (SSSR count). The molecule has 2 unspecified atom stereocenters. The lowest BCUT2D eigenvalue weighted by Gasteiger charge is -2.17. The summed E-state index contributed by atoms with van der Waals surface area (Å²) in [6.07, 6.45) is -1.88. The standard InChI is InChI=1S/C16H30FNO7S/c1-13(15(17)11-18-14(2)19)25-10-9-23-6-5-21-3-4-22-7-8-24-12-16(20)26/h13,15H,3-12H2,1-2H3,(H,18,19)(H,20,26). The Morgan fingerprint density at radius 2 is 1.38 bits per heavy atom. The number of alkyl halides is 1. The van der Waals surface area contributed by atoms with Crippen molar-refractivity contribution >= 4 is 23.7 Å². The van der Waals surface area contributed by atoms with Crippen LogP contribution in [-0.2, 0) is 33.3 Å². The highest BCUT2D eigenvalue weighted by Gasteiger charge is 2.16. The van der Waals surface area contributed by atoms with Crippen LogP contribution in [0.15, 0.2) is 0 Å². The molecule has 0 saturated heterocycles. The number of ether oxygens (including phenoxy) is 5. The number of carbonyl (C=O) groups excluding carboxylic acids is 2. The van der Waals surface area contributed by atoms with Crippen LogP contribution in [-0.4, -0.2) is 89.3 Å². The molecule has 1 amide bonds. The molecule has 0 aromatic carbocycles. The lowest BCUT2D eigenvalue weighted by Crippen LogP contribution is -2.35. The number of thiol groups is 1. The summed E-state index contributed by atoms with van der Waals surface area (Å²) in [4.78, 5) is 21.2. The topological polar surface area (TPSA) is 92.3 Å². The summed E-state index contributed by atoms with van der Waals surface area (Å²) in [6.45, 7) is 5.83. The normalized spacial score (nSPS) is 13.4. The van der Waals surface area contributed by atoms with Crippen LogP contribution in [0.5, 0.6) is 0 Å². The molecule has 0 spiro atoms. The van der Waals surface area contributed by atoms with Crippen molar-refractivity contribution in [3.05, 3.63) is 0 Å². The Hall–Kier alpha value is -0.780. The van der Waals surface area contributed by atoms with Gasteiger partial charge >= 0.3 is 0 Å². The Morgan fingerprint density at radius 3 is 1.85 bits per heavy atom. The molecule has 0 fully saturated rings. The highest BCUT2D eigenvalue weighted by molar-refractivity contribution is 7.96. The first-order valence-electron chi connectivity index (χ1n) is 8.46. The molecular formula is C16H30FNO7S. The maximum Gasteiger partial charge on any atom is 0.216 e. The summed E-state index contributed by atoms with van der Waals surface area (Å²) in [6, 6.07) is 0. The number of amides is 1. The highest BCUT2D eigenvalue weighted by atomic mass is 32.1. The molecule has 0 radical (unpaired) electrons. The Morgan fingerprint density at radius 1 is 0.923 bits per heavy atom. The van der Waals surface area contributed by atoms with Gasteiger partial charge in [0, 0.05) is 6.92 Å². The number of hydrogen-bond acceptors (Lipinski definition) is 7. The van der Waals surface area contributed by atoms with Gasteiger partial charge in [0.1, 0.15) is 12.8 Å². The zero-order valence-electron chi connectivity index (χ0n) is 15.4. The summed E-state index contributed by atoms with van der Waals surface area (Å²) in [5.41, 5.74) is 0. The van der Waals surface area contributed by atoms with Gasteiger partial charge in [-0.05, 0) is 6.92 Å². The number of hydrogen-bond donors (Lipinski definition) is 2. The first-order chi connectivity index (χ1) is 12.4. The van der Waals surface area contributed by atoms with Crippen LogP contribution in [0.3, 0.4) is 0 Å². The van der Waals surface area contributed by atoms with Crippen molar-refractivity contribution < 1.29 is 37.7 Å². The molecular weight excluding hydrogens is 369 g/mol. The van der Waals surface area contributed by atoms with E-state index in [1.165, 1.54) is 6.92 Å². The fourth-order valence-corrected chi connectivity index (χ4v) is 1.72. The molecule has 0 saturated carbocycles. The van der Waals surface area contributed by atoms with Gasteiger partial charge in [-0.2, -0.15) is 0 Å². The summed E-state index contributed by atoms with van der Waals surface area (Å²) in [5, 5.41) is 2.09. The largest absolute Gasteiger partial charge is 0.377 e. The van der Waals surface area contributed by atoms with Crippen molar-refractivity contribution in [3.8, 4) is 0 Å². The van der Waals surface area contributed by atoms with Gasteiger partial charge in [-0.25, -0.2) is 4.39 Å². The summed E-state index contributed by atoms with van der Waals surface area (Å²) in [7, 11) is 0. The van der Waals surface area contributed by atoms with Gasteiger partial charge in [-0.15, -0.1) is 12.6 Å². The van der Waals surface area contributed by atoms with E-state index in [4.69, 9.17) is 23.7 Å². The van der Waals surface area contributed by atoms with Crippen molar-refractivity contribution in [3.63, 3.8) is 0 Å². The third-order valence-electron chi connectivity index (χ3n) is 3.01. The van der Waals surface area contributed by atoms with Gasteiger partial charge in [0.05, 0.1) is 65.5 Å². The second-order valence-corrected chi connectivity index (χ2v) is 5.81. The van der Waals surface area contributed by atoms with Crippen LogP contribution < -0.4 is 5.32 Å². The third-order valence-corrected chi connectivity index (χ3v) is 3.13. The second-order valence-electron chi connectivity index (χ2n) is 5.31. The highest BCUT2D eigenvalue weighted by Crippen LogP contribution is 2.02. The molecule has 0 aliphatic carbocycles. The van der Waals surface area contributed by atoms with E-state index in [1.54, 1.807) is 6.92 Å². The Kier molecular flexibility index (Phi) is 17.1. The fraction of sp³-hybridized carbons (Fsp3) is 0.875. The maximum atomic E-state index is 13.6. The molecule has 0 aliphatic rings. The summed E-state index contributed by atoms with van der Waals surface area (Å²) < 4.78 is 39.7. The molecule has 26 heavy (non-hydrogen) atoms. The lowest BCUT2D eigenvalue weighted by atomic mass is 10.2. The van der Waals surface area contributed by atoms with Crippen molar-refractivity contribution in [1.82, 2.24) is 5.32 Å². The maximum absolute atomic E-state index is 13.6. The molecule has 0 aliphatic heterocycles. The van der Waals surface area contributed by atoms with Crippen molar-refractivity contribution in [2.75, 3.05) is 66.0 Å². The minimum absolute atomic E-state index is 0.0237. The van der Waals surface area contributed by atoms with Crippen molar-refractivity contribution in [2.45, 2.75) is 26.1 Å². The first kappa shape index (κ1) is 25.2. The van der Waals surface area contributed by atoms with E-state index in [2.05, 4.69) is 17.9 Å². The number of halogens is 1. The van der Waals surface area contributed by atoms with Crippen LogP contribution in [0.1, 0.15) is 13.8 Å². The van der Waals surface area contributed by atoms with Crippen molar-refractivity contribution in [1.29, 1.82) is 0 Å². The number of nitrogens with one attached hydrogen (secondary N) is 1. The minimum atomic E-state index is -1.26. The van der Waals surface area contributed by atoms with E-state index in [0.717, 1.165) is 0 Å². The third kappa shape index (κ3) is 18.0. The summed E-state index contributed by atoms with van der Waals surface area (Å²) in [5.74, 6) is -0.271. The minimum Gasteiger partial charge on any atom is -0.377 e. The van der Waals surface area contributed by atoms with Gasteiger partial charge in [-0.3, -0.25) is 9.59 Å². The smallest absolute Gasteiger partial charge is 0.216 e. The van der Waals surface area contributed by atoms with Crippen LogP contribution in [0.2, 0.25) is 0 Å². The SMILES string of the molecule is CC(=O)NCC(F)C(C)OCCOCCOCCOCCOCC(=O)S. The zero-order chi connectivity index (χ0) is 19.6. The monoisotopic (exact) mass is 399 g/mol. The van der Waals surface area contributed by atoms with E-state index in [0.29, 0.717) is 46.2 Å². The zero-order valence-corrected chi connectivity index (χ0v) is 16.3. The summed E-state index contributed by atoms with van der Waals surface area (Å²) >= 11 is 3.57. The number of rotatable bonds is 18. The second kappa shape index (κ2) is 17.6. The average Bonchev–Trinajstić information content (AvgIpc) is 2.59. The fourth-order valence-electron chi connectivity index (χ4n) is 1.62. The van der Waals surface area contributed by atoms with E-state index >= 15 is 0 Å². The van der Waals surface area contributed by atoms with E-state index in [1.807, 2.05) is 0 Å². The molecule has 0 aromatic rings. The van der Waals surface area contributed by atoms with Crippen LogP contribution in [0, 0.1) is 0 Å². The predicted octanol–water partition coefficient (Wildman–Crippen LogP) is 0.389. The first-order valence-corrected chi connectivity index (χ1v) is 8.91. The van der Waals surface area contributed by atoms with Crippen LogP contribution >= 0.6 is 12.6 Å². The Labute approximate surface area is 159 Å². The lowest BCUT2D eigenvalue weighted by molar-refractivity contribution is -0.119. The molecule has 154 valence electrons. The van der Waals surface area contributed by atoms with Crippen molar-refractivity contribution in [2.24, 2.45) is 0 Å². The molecule has 10 heteroatoms. The van der Waals surface area contributed by atoms with Crippen LogP contribution in [0.4, 0.5) is 4.39 Å². The average molecular weight is 399 g/mol. The van der Waals surface area contributed by atoms with Gasteiger partial charge < -0.3 is 29.0 Å². The quantitative estimate of drug-likeness (QED) is 0.254. The molecule has 1 N–H and O–H groups in total. The molecule has 8 nitrogen and oxygen atoms in total. The Balaban J connectivity index is 3.26. The molecule has 0 bridgehead atoms. The molecule has 0 aromatic heterocycles. The van der Waals surface area contributed by atoms with Gasteiger partial charge in [0.2, 0.25) is 11.0 Å². The van der Waals surface area contributed by atoms with E-state index < -0.39 is 12.3 Å². The number of carbonyl (C=O) groups is 2. The van der Waals surface area contributed by atoms with Gasteiger partial charge in [0.15, 0.2) is 0 Å². The Bertz CT molecular complexity index is 377. The van der Waals surface area contributed by atoms with Crippen LogP contribution in [0.25, 0.3) is 0 Å². The predicted molar refractivity (Wildman–Crippen MR) is 96.3 cm³/mol. The van der Waals surface area contributed by atoms with Gasteiger partial charge in [0.25, 0.3) is 0 Å². The molecule has 2 atom stereocenters. The van der Waals surface area contributed by atoms with E-state index in [9.17, 15) is 14.0 Å². The van der Waals surface area contributed by atoms with E-state index in [-0.39, 0.29) is 30.8 Å². The van der Waals surface area contributed by atoms with Gasteiger partial charge in [-0.1, -0.05) is 0 Å². The molecule has 0 heterocycles.